The predicted molar refractivity (Wildman–Crippen MR) is 216 cm³/mol. The van der Waals surface area contributed by atoms with E-state index >= 15 is 0 Å². The first-order chi connectivity index (χ1) is 25.3. The SMILES string of the molecule is c1ccc(C2=NC(c3ccc4sc5cccc(-c6cccc7c6sc6ccccc67)c5c4c3)=NC(c3cccc4oc5ccccc5c34)[NH2+]2)cc1. The molecule has 4 heterocycles. The minimum absolute atomic E-state index is 0.242. The molecule has 6 heteroatoms. The van der Waals surface area contributed by atoms with Crippen molar-refractivity contribution in [1.29, 1.82) is 0 Å². The van der Waals surface area contributed by atoms with Gasteiger partial charge < -0.3 is 4.42 Å². The van der Waals surface area contributed by atoms with E-state index in [1.54, 1.807) is 0 Å². The van der Waals surface area contributed by atoms with E-state index in [2.05, 4.69) is 133 Å². The minimum atomic E-state index is -0.242. The number of para-hydroxylation sites is 1. The van der Waals surface area contributed by atoms with E-state index in [-0.39, 0.29) is 6.17 Å². The van der Waals surface area contributed by atoms with Crippen molar-refractivity contribution in [2.24, 2.45) is 9.98 Å². The Morgan fingerprint density at radius 1 is 0.510 bits per heavy atom. The number of aliphatic imine (C=N–C) groups is 2. The van der Waals surface area contributed by atoms with Crippen molar-refractivity contribution in [3.63, 3.8) is 0 Å². The van der Waals surface area contributed by atoms with Crippen LogP contribution in [0.3, 0.4) is 0 Å². The molecule has 3 aromatic heterocycles. The summed E-state index contributed by atoms with van der Waals surface area (Å²) in [6, 6.07) is 53.9. The average molecular weight is 691 g/mol. The van der Waals surface area contributed by atoms with Gasteiger partial charge in [-0.1, -0.05) is 97.1 Å². The molecule has 1 unspecified atom stereocenters. The molecule has 1 aliphatic rings. The fourth-order valence-electron chi connectivity index (χ4n) is 7.76. The highest BCUT2D eigenvalue weighted by molar-refractivity contribution is 7.26. The van der Waals surface area contributed by atoms with Crippen molar-refractivity contribution in [2.45, 2.75) is 6.17 Å². The van der Waals surface area contributed by atoms with Gasteiger partial charge in [0.25, 0.3) is 0 Å². The number of thiophene rings is 2. The van der Waals surface area contributed by atoms with Crippen LogP contribution < -0.4 is 5.32 Å². The molecule has 4 nitrogen and oxygen atoms in total. The number of rotatable bonds is 4. The lowest BCUT2D eigenvalue weighted by atomic mass is 9.97. The lowest BCUT2D eigenvalue weighted by molar-refractivity contribution is -0.586. The molecule has 11 rings (SSSR count). The second-order valence-electron chi connectivity index (χ2n) is 13.0. The summed E-state index contributed by atoms with van der Waals surface area (Å²) >= 11 is 3.73. The van der Waals surface area contributed by atoms with Crippen LogP contribution in [0.2, 0.25) is 0 Å². The fourth-order valence-corrected chi connectivity index (χ4v) is 10.1. The molecule has 1 aliphatic heterocycles. The first-order valence-electron chi connectivity index (χ1n) is 17.1. The molecule has 0 aliphatic carbocycles. The van der Waals surface area contributed by atoms with E-state index < -0.39 is 0 Å². The van der Waals surface area contributed by atoms with E-state index in [0.29, 0.717) is 0 Å². The molecule has 0 saturated heterocycles. The lowest BCUT2D eigenvalue weighted by Crippen LogP contribution is -2.90. The number of nitrogens with zero attached hydrogens (tertiary/aromatic N) is 2. The van der Waals surface area contributed by atoms with Gasteiger partial charge in [-0.05, 0) is 60.2 Å². The number of hydrogen-bond donors (Lipinski definition) is 1. The zero-order chi connectivity index (χ0) is 33.5. The van der Waals surface area contributed by atoms with Gasteiger partial charge in [-0.2, -0.15) is 4.99 Å². The number of hydrogen-bond acceptors (Lipinski definition) is 5. The Hall–Kier alpha value is -5.92. The van der Waals surface area contributed by atoms with Crippen molar-refractivity contribution in [3.8, 4) is 11.1 Å². The fraction of sp³-hybridized carbons (Fsp3) is 0.0222. The minimum Gasteiger partial charge on any atom is -0.456 e. The third kappa shape index (κ3) is 4.54. The summed E-state index contributed by atoms with van der Waals surface area (Å²) in [5.41, 5.74) is 7.48. The molecular weight excluding hydrogens is 663 g/mol. The second kappa shape index (κ2) is 11.3. The van der Waals surface area contributed by atoms with E-state index in [4.69, 9.17) is 14.4 Å². The highest BCUT2D eigenvalue weighted by Crippen LogP contribution is 2.45. The van der Waals surface area contributed by atoms with Crippen molar-refractivity contribution in [2.75, 3.05) is 0 Å². The number of furan rings is 1. The van der Waals surface area contributed by atoms with Crippen molar-refractivity contribution in [3.05, 3.63) is 168 Å². The molecule has 1 atom stereocenters. The molecule has 240 valence electrons. The quantitative estimate of drug-likeness (QED) is 0.196. The Balaban J connectivity index is 1.12. The van der Waals surface area contributed by atoms with E-state index in [9.17, 15) is 0 Å². The van der Waals surface area contributed by atoms with Gasteiger partial charge in [0.05, 0.1) is 5.56 Å². The Kier molecular flexibility index (Phi) is 6.40. The van der Waals surface area contributed by atoms with Crippen LogP contribution in [-0.4, -0.2) is 11.7 Å². The number of amidine groups is 2. The molecule has 0 spiro atoms. The largest absolute Gasteiger partial charge is 0.456 e. The molecule has 0 saturated carbocycles. The smallest absolute Gasteiger partial charge is 0.235 e. The van der Waals surface area contributed by atoms with E-state index in [1.165, 1.54) is 51.5 Å². The first kappa shape index (κ1) is 28.9. The molecule has 51 heavy (non-hydrogen) atoms. The van der Waals surface area contributed by atoms with Crippen molar-refractivity contribution < 1.29 is 9.73 Å². The van der Waals surface area contributed by atoms with Gasteiger partial charge >= 0.3 is 0 Å². The van der Waals surface area contributed by atoms with Gasteiger partial charge in [-0.25, -0.2) is 4.99 Å². The number of quaternary nitrogens is 1. The normalized spacial score (nSPS) is 15.0. The maximum atomic E-state index is 6.29. The molecule has 7 aromatic carbocycles. The molecule has 2 N–H and O–H groups in total. The predicted octanol–water partition coefficient (Wildman–Crippen LogP) is 11.5. The summed E-state index contributed by atoms with van der Waals surface area (Å²) in [6.45, 7) is 0. The van der Waals surface area contributed by atoms with Crippen LogP contribution in [0.25, 0.3) is 73.4 Å². The average Bonchev–Trinajstić information content (AvgIpc) is 3.89. The molecule has 10 aromatic rings. The van der Waals surface area contributed by atoms with Crippen molar-refractivity contribution in [1.82, 2.24) is 0 Å². The van der Waals surface area contributed by atoms with Gasteiger partial charge in [0.2, 0.25) is 12.0 Å². The molecule has 0 fully saturated rings. The van der Waals surface area contributed by atoms with Gasteiger partial charge in [-0.15, -0.1) is 22.7 Å². The van der Waals surface area contributed by atoms with Gasteiger partial charge in [-0.3, -0.25) is 5.32 Å². The van der Waals surface area contributed by atoms with Gasteiger partial charge in [0.15, 0.2) is 5.84 Å². The molecular formula is C45H28N3OS2+. The number of benzene rings is 7. The summed E-state index contributed by atoms with van der Waals surface area (Å²) in [6.07, 6.45) is -0.242. The summed E-state index contributed by atoms with van der Waals surface area (Å²) in [5.74, 6) is 1.65. The maximum Gasteiger partial charge on any atom is 0.235 e. The summed E-state index contributed by atoms with van der Waals surface area (Å²) in [7, 11) is 0. The van der Waals surface area contributed by atoms with E-state index in [1.807, 2.05) is 46.9 Å². The number of nitrogens with two attached hydrogens (primary N) is 1. The highest BCUT2D eigenvalue weighted by Gasteiger charge is 2.28. The van der Waals surface area contributed by atoms with Crippen LogP contribution in [0.15, 0.2) is 166 Å². The standard InChI is InChI=1S/C45H27N3OS2/c1-2-11-26(12-3-1)43-46-44(48-45(47-43)33-18-9-20-36-40(33)32-14-4-6-19-35(32)49-36)27-23-24-38-34(25-27)41-29(15-10-22-39(41)50-38)31-17-8-16-30-28-13-5-7-21-37(28)51-42(30)31/h1-25,45H,(H,46,47,48)/p+1. The Morgan fingerprint density at radius 3 is 2.18 bits per heavy atom. The topological polar surface area (TPSA) is 54.5 Å². The third-order valence-corrected chi connectivity index (χ3v) is 12.4. The van der Waals surface area contributed by atoms with Crippen LogP contribution in [0.4, 0.5) is 0 Å². The van der Waals surface area contributed by atoms with E-state index in [0.717, 1.165) is 50.3 Å². The van der Waals surface area contributed by atoms with Crippen molar-refractivity contribution >= 4 is 96.6 Å². The van der Waals surface area contributed by atoms with Crippen LogP contribution in [0.1, 0.15) is 22.9 Å². The zero-order valence-electron chi connectivity index (χ0n) is 27.2. The highest BCUT2D eigenvalue weighted by atomic mass is 32.1. The van der Waals surface area contributed by atoms with Crippen LogP contribution in [-0.2, 0) is 0 Å². The molecule has 0 radical (unpaired) electrons. The lowest BCUT2D eigenvalue weighted by Gasteiger charge is -2.19. The van der Waals surface area contributed by atoms with Crippen LogP contribution in [0.5, 0.6) is 0 Å². The monoisotopic (exact) mass is 690 g/mol. The molecule has 0 bridgehead atoms. The summed E-state index contributed by atoms with van der Waals surface area (Å²) in [5, 5.41) is 9.54. The van der Waals surface area contributed by atoms with Crippen LogP contribution in [0, 0.1) is 0 Å². The van der Waals surface area contributed by atoms with Gasteiger partial charge in [0, 0.05) is 67.8 Å². The Bertz CT molecular complexity index is 3070. The van der Waals surface area contributed by atoms with Gasteiger partial charge in [0.1, 0.15) is 11.2 Å². The number of fused-ring (bicyclic) bond motifs is 9. The first-order valence-corrected chi connectivity index (χ1v) is 18.7. The zero-order valence-corrected chi connectivity index (χ0v) is 28.8. The Morgan fingerprint density at radius 2 is 1.24 bits per heavy atom. The third-order valence-electron chi connectivity index (χ3n) is 10.1. The Labute approximate surface area is 300 Å². The second-order valence-corrected chi connectivity index (χ2v) is 15.2. The maximum absolute atomic E-state index is 6.29. The summed E-state index contributed by atoms with van der Waals surface area (Å²) in [4.78, 5) is 10.6. The molecule has 0 amide bonds. The van der Waals surface area contributed by atoms with Crippen LogP contribution >= 0.6 is 22.7 Å². The summed E-state index contributed by atoms with van der Waals surface area (Å²) < 4.78 is 11.5.